The fraction of sp³-hybridized carbons (Fsp3) is 0.500. The predicted octanol–water partition coefficient (Wildman–Crippen LogP) is 1.97. The van der Waals surface area contributed by atoms with Gasteiger partial charge in [-0.2, -0.15) is 0 Å². The molecule has 0 radical (unpaired) electrons. The summed E-state index contributed by atoms with van der Waals surface area (Å²) in [5.74, 6) is 0.998. The summed E-state index contributed by atoms with van der Waals surface area (Å²) in [7, 11) is -3.25. The molecule has 0 amide bonds. The van der Waals surface area contributed by atoms with Gasteiger partial charge in [0.2, 0.25) is 10.0 Å². The number of unbranched alkanes of at least 4 members (excludes halogenated alkanes) is 1. The molecule has 0 atom stereocenters. The molecule has 2 N–H and O–H groups in total. The molecule has 1 aliphatic rings. The Bertz CT molecular complexity index is 582. The number of hydrogen-bond donors (Lipinski definition) is 2. The first-order valence-corrected chi connectivity index (χ1v) is 8.65. The van der Waals surface area contributed by atoms with E-state index in [-0.39, 0.29) is 5.75 Å². The molecule has 110 valence electrons. The fourth-order valence-electron chi connectivity index (χ4n) is 2.02. The minimum Gasteiger partial charge on any atom is -0.370 e. The van der Waals surface area contributed by atoms with Crippen molar-refractivity contribution in [3.8, 4) is 0 Å². The van der Waals surface area contributed by atoms with Crippen LogP contribution in [-0.4, -0.2) is 33.1 Å². The van der Waals surface area contributed by atoms with Crippen LogP contribution in [0.4, 0.5) is 5.69 Å². The molecule has 1 heterocycles. The number of hydrogen-bond acceptors (Lipinski definition) is 4. The van der Waals surface area contributed by atoms with Gasteiger partial charge in [0.15, 0.2) is 0 Å². The number of sulfonamides is 1. The minimum atomic E-state index is -3.25. The number of anilines is 1. The Labute approximate surface area is 120 Å². The molecular weight excluding hydrogens is 274 g/mol. The van der Waals surface area contributed by atoms with Crippen LogP contribution in [-0.2, 0) is 10.0 Å². The molecule has 5 nitrogen and oxygen atoms in total. The van der Waals surface area contributed by atoms with Gasteiger partial charge in [0.1, 0.15) is 5.84 Å². The van der Waals surface area contributed by atoms with E-state index in [0.717, 1.165) is 37.3 Å². The third kappa shape index (κ3) is 4.23. The Morgan fingerprint density at radius 1 is 1.40 bits per heavy atom. The van der Waals surface area contributed by atoms with Crippen molar-refractivity contribution in [2.45, 2.75) is 26.2 Å². The summed E-state index contributed by atoms with van der Waals surface area (Å²) in [4.78, 5) is 4.42. The lowest BCUT2D eigenvalue weighted by Gasteiger charge is -2.15. The minimum absolute atomic E-state index is 0.160. The first-order valence-electron chi connectivity index (χ1n) is 7.00. The summed E-state index contributed by atoms with van der Waals surface area (Å²) < 4.78 is 26.4. The molecule has 0 bridgehead atoms. The van der Waals surface area contributed by atoms with E-state index in [1.165, 1.54) is 0 Å². The van der Waals surface area contributed by atoms with Crippen LogP contribution in [0.2, 0.25) is 0 Å². The van der Waals surface area contributed by atoms with Gasteiger partial charge < -0.3 is 5.32 Å². The topological polar surface area (TPSA) is 70.6 Å². The van der Waals surface area contributed by atoms with Gasteiger partial charge in [-0.3, -0.25) is 9.71 Å². The van der Waals surface area contributed by atoms with Crippen LogP contribution in [0.3, 0.4) is 0 Å². The summed E-state index contributed by atoms with van der Waals surface area (Å²) in [6.07, 6.45) is 2.57. The zero-order valence-corrected chi connectivity index (χ0v) is 12.5. The summed E-state index contributed by atoms with van der Waals surface area (Å²) in [6, 6.07) is 7.35. The average Bonchev–Trinajstić information content (AvgIpc) is 2.46. The molecular formula is C14H21N3O2S. The molecule has 6 heteroatoms. The molecule has 0 aliphatic carbocycles. The predicted molar refractivity (Wildman–Crippen MR) is 82.8 cm³/mol. The Balaban J connectivity index is 2.12. The highest BCUT2D eigenvalue weighted by Crippen LogP contribution is 2.14. The highest BCUT2D eigenvalue weighted by atomic mass is 32.2. The highest BCUT2D eigenvalue weighted by molar-refractivity contribution is 7.92. The van der Waals surface area contributed by atoms with Crippen LogP contribution < -0.4 is 10.0 Å². The molecule has 0 unspecified atom stereocenters. The number of nitrogens with zero attached hydrogens (tertiary/aromatic N) is 1. The second-order valence-electron chi connectivity index (χ2n) is 4.87. The average molecular weight is 295 g/mol. The molecule has 0 saturated carbocycles. The molecule has 0 fully saturated rings. The van der Waals surface area contributed by atoms with E-state index < -0.39 is 10.0 Å². The monoisotopic (exact) mass is 295 g/mol. The number of nitrogens with one attached hydrogen (secondary N) is 2. The highest BCUT2D eigenvalue weighted by Gasteiger charge is 2.11. The van der Waals surface area contributed by atoms with Gasteiger partial charge in [0.05, 0.1) is 5.75 Å². The van der Waals surface area contributed by atoms with Crippen LogP contribution in [0.15, 0.2) is 29.3 Å². The molecule has 1 aliphatic heterocycles. The van der Waals surface area contributed by atoms with Crippen molar-refractivity contribution < 1.29 is 8.42 Å². The summed E-state index contributed by atoms with van der Waals surface area (Å²) in [5.41, 5.74) is 1.51. The summed E-state index contributed by atoms with van der Waals surface area (Å²) in [5, 5.41) is 3.23. The lowest BCUT2D eigenvalue weighted by Crippen LogP contribution is -2.30. The maximum atomic E-state index is 11.9. The molecule has 2 rings (SSSR count). The Morgan fingerprint density at radius 3 is 2.95 bits per heavy atom. The normalized spacial score (nSPS) is 15.3. The standard InChI is InChI=1S/C14H21N3O2S/c1-2-3-10-20(18,19)17-13-7-4-6-12(11-13)14-15-8-5-9-16-14/h4,6-7,11,17H,2-3,5,8-10H2,1H3,(H,15,16). The third-order valence-electron chi connectivity index (χ3n) is 3.07. The largest absolute Gasteiger partial charge is 0.370 e. The maximum Gasteiger partial charge on any atom is 0.232 e. The molecule has 1 aromatic rings. The third-order valence-corrected chi connectivity index (χ3v) is 4.45. The number of rotatable bonds is 6. The van der Waals surface area contributed by atoms with Crippen molar-refractivity contribution in [1.29, 1.82) is 0 Å². The molecule has 1 aromatic carbocycles. The number of aliphatic imine (C=N–C) groups is 1. The van der Waals surface area contributed by atoms with E-state index >= 15 is 0 Å². The molecule has 20 heavy (non-hydrogen) atoms. The quantitative estimate of drug-likeness (QED) is 0.843. The van der Waals surface area contributed by atoms with E-state index in [2.05, 4.69) is 15.0 Å². The van der Waals surface area contributed by atoms with Gasteiger partial charge in [-0.25, -0.2) is 8.42 Å². The van der Waals surface area contributed by atoms with Gasteiger partial charge in [-0.05, 0) is 25.0 Å². The first-order chi connectivity index (χ1) is 9.61. The van der Waals surface area contributed by atoms with Crippen molar-refractivity contribution in [1.82, 2.24) is 5.32 Å². The Morgan fingerprint density at radius 2 is 2.25 bits per heavy atom. The van der Waals surface area contributed by atoms with Gasteiger partial charge >= 0.3 is 0 Å². The van der Waals surface area contributed by atoms with E-state index in [1.54, 1.807) is 6.07 Å². The van der Waals surface area contributed by atoms with Gasteiger partial charge in [-0.15, -0.1) is 0 Å². The van der Waals surface area contributed by atoms with E-state index in [4.69, 9.17) is 0 Å². The second-order valence-corrected chi connectivity index (χ2v) is 6.71. The zero-order valence-electron chi connectivity index (χ0n) is 11.7. The summed E-state index contributed by atoms with van der Waals surface area (Å²) >= 11 is 0. The van der Waals surface area contributed by atoms with Crippen molar-refractivity contribution in [3.63, 3.8) is 0 Å². The van der Waals surface area contributed by atoms with Gasteiger partial charge in [0, 0.05) is 24.3 Å². The van der Waals surface area contributed by atoms with Crippen molar-refractivity contribution in [3.05, 3.63) is 29.8 Å². The van der Waals surface area contributed by atoms with Crippen LogP contribution in [0, 0.1) is 0 Å². The van der Waals surface area contributed by atoms with Crippen molar-refractivity contribution in [2.75, 3.05) is 23.6 Å². The van der Waals surface area contributed by atoms with Gasteiger partial charge in [-0.1, -0.05) is 25.5 Å². The van der Waals surface area contributed by atoms with E-state index in [1.807, 2.05) is 25.1 Å². The van der Waals surface area contributed by atoms with Crippen LogP contribution in [0.1, 0.15) is 31.7 Å². The van der Waals surface area contributed by atoms with Crippen molar-refractivity contribution in [2.24, 2.45) is 4.99 Å². The van der Waals surface area contributed by atoms with Crippen molar-refractivity contribution >= 4 is 21.5 Å². The molecule has 0 spiro atoms. The van der Waals surface area contributed by atoms with Gasteiger partial charge in [0.25, 0.3) is 0 Å². The second kappa shape index (κ2) is 6.74. The maximum absolute atomic E-state index is 11.9. The van der Waals surface area contributed by atoms with Crippen LogP contribution in [0.25, 0.3) is 0 Å². The smallest absolute Gasteiger partial charge is 0.232 e. The first kappa shape index (κ1) is 14.8. The molecule has 0 saturated heterocycles. The molecule has 0 aromatic heterocycles. The Hall–Kier alpha value is -1.56. The van der Waals surface area contributed by atoms with E-state index in [0.29, 0.717) is 12.1 Å². The van der Waals surface area contributed by atoms with Crippen LogP contribution >= 0.6 is 0 Å². The summed E-state index contributed by atoms with van der Waals surface area (Å²) in [6.45, 7) is 3.70. The SMILES string of the molecule is CCCCS(=O)(=O)Nc1cccc(C2=NCCCN2)c1. The van der Waals surface area contributed by atoms with E-state index in [9.17, 15) is 8.42 Å². The lowest BCUT2D eigenvalue weighted by atomic mass is 10.1. The lowest BCUT2D eigenvalue weighted by molar-refractivity contribution is 0.598. The number of amidine groups is 1. The fourth-order valence-corrected chi connectivity index (χ4v) is 3.28. The zero-order chi connectivity index (χ0) is 14.4. The Kier molecular flexibility index (Phi) is 5.00. The number of benzene rings is 1. The van der Waals surface area contributed by atoms with Crippen LogP contribution in [0.5, 0.6) is 0 Å².